The number of nitrogens with one attached hydrogen (secondary N) is 1. The zero-order valence-corrected chi connectivity index (χ0v) is 14.8. The van der Waals surface area contributed by atoms with Crippen molar-refractivity contribution in [3.63, 3.8) is 0 Å². The number of fused-ring (bicyclic) bond motifs is 1. The largest absolute Gasteiger partial charge is 0.344 e. The third kappa shape index (κ3) is 3.52. The molecule has 1 amide bonds. The lowest BCUT2D eigenvalue weighted by Gasteiger charge is -2.15. The first kappa shape index (κ1) is 17.1. The number of nitriles is 1. The predicted molar refractivity (Wildman–Crippen MR) is 99.6 cm³/mol. The molecule has 0 unspecified atom stereocenters. The van der Waals surface area contributed by atoms with Gasteiger partial charge in [-0.05, 0) is 36.2 Å². The fourth-order valence-electron chi connectivity index (χ4n) is 2.89. The predicted octanol–water partition coefficient (Wildman–Crippen LogP) is 4.39. The number of rotatable bonds is 4. The van der Waals surface area contributed by atoms with Crippen LogP contribution in [0.1, 0.15) is 34.6 Å². The minimum absolute atomic E-state index is 0.134. The first-order valence-corrected chi connectivity index (χ1v) is 8.39. The van der Waals surface area contributed by atoms with E-state index in [-0.39, 0.29) is 11.9 Å². The van der Waals surface area contributed by atoms with Crippen molar-refractivity contribution in [1.29, 1.82) is 5.26 Å². The monoisotopic (exact) mass is 351 g/mol. The molecular formula is C20H18ClN3O. The zero-order valence-electron chi connectivity index (χ0n) is 14.1. The van der Waals surface area contributed by atoms with Gasteiger partial charge in [0.2, 0.25) is 0 Å². The summed E-state index contributed by atoms with van der Waals surface area (Å²) in [6.45, 7) is 1.94. The van der Waals surface area contributed by atoms with Gasteiger partial charge < -0.3 is 9.88 Å². The van der Waals surface area contributed by atoms with E-state index in [0.29, 0.717) is 17.1 Å². The maximum Gasteiger partial charge on any atom is 0.268 e. The van der Waals surface area contributed by atoms with Crippen LogP contribution in [-0.4, -0.2) is 10.5 Å². The van der Waals surface area contributed by atoms with Gasteiger partial charge in [0.05, 0.1) is 18.5 Å². The first-order valence-electron chi connectivity index (χ1n) is 8.01. The van der Waals surface area contributed by atoms with Crippen molar-refractivity contribution in [3.05, 3.63) is 70.4 Å². The maximum atomic E-state index is 12.7. The molecule has 0 spiro atoms. The normalized spacial score (nSPS) is 11.9. The molecule has 3 aromatic rings. The molecule has 0 fully saturated rings. The van der Waals surface area contributed by atoms with Gasteiger partial charge >= 0.3 is 0 Å². The maximum absolute atomic E-state index is 12.7. The Morgan fingerprint density at radius 2 is 1.96 bits per heavy atom. The van der Waals surface area contributed by atoms with Crippen LogP contribution in [0.15, 0.2) is 48.5 Å². The van der Waals surface area contributed by atoms with Gasteiger partial charge in [-0.1, -0.05) is 41.9 Å². The number of aryl methyl sites for hydroxylation is 1. The van der Waals surface area contributed by atoms with Crippen LogP contribution in [-0.2, 0) is 13.5 Å². The molecule has 25 heavy (non-hydrogen) atoms. The Labute approximate surface area is 151 Å². The molecule has 0 bridgehead atoms. The Morgan fingerprint density at radius 1 is 1.24 bits per heavy atom. The summed E-state index contributed by atoms with van der Waals surface area (Å²) in [5.41, 5.74) is 3.48. The lowest BCUT2D eigenvalue weighted by atomic mass is 10.0. The smallest absolute Gasteiger partial charge is 0.268 e. The summed E-state index contributed by atoms with van der Waals surface area (Å²) in [6, 6.07) is 17.2. The number of carbonyl (C=O) groups is 1. The van der Waals surface area contributed by atoms with Crippen molar-refractivity contribution in [2.45, 2.75) is 19.4 Å². The number of aromatic nitrogens is 1. The van der Waals surface area contributed by atoms with Crippen molar-refractivity contribution in [3.8, 4) is 6.07 Å². The standard InChI is InChI=1S/C20H18ClN3O/c1-13(15-5-3-14(4-6-15)9-10-22)23-20(25)19-11-16-7-8-17(21)12-18(16)24(19)2/h3-8,11-13H,9H2,1-2H3,(H,23,25)/t13-/m0/s1. The van der Waals surface area contributed by atoms with Gasteiger partial charge in [-0.25, -0.2) is 0 Å². The number of nitrogens with zero attached hydrogens (tertiary/aromatic N) is 2. The summed E-state index contributed by atoms with van der Waals surface area (Å²) >= 11 is 6.05. The van der Waals surface area contributed by atoms with Gasteiger partial charge in [0.25, 0.3) is 5.91 Å². The quantitative estimate of drug-likeness (QED) is 0.757. The van der Waals surface area contributed by atoms with Crippen LogP contribution in [0.25, 0.3) is 10.9 Å². The van der Waals surface area contributed by atoms with Crippen LogP contribution in [0, 0.1) is 11.3 Å². The van der Waals surface area contributed by atoms with Crippen molar-refractivity contribution in [2.75, 3.05) is 0 Å². The van der Waals surface area contributed by atoms with E-state index in [4.69, 9.17) is 16.9 Å². The molecule has 2 aromatic carbocycles. The third-order valence-electron chi connectivity index (χ3n) is 4.35. The number of hydrogen-bond acceptors (Lipinski definition) is 2. The molecule has 0 saturated carbocycles. The molecule has 1 aromatic heterocycles. The molecule has 0 radical (unpaired) electrons. The van der Waals surface area contributed by atoms with E-state index in [9.17, 15) is 4.79 Å². The summed E-state index contributed by atoms with van der Waals surface area (Å²) < 4.78 is 1.85. The third-order valence-corrected chi connectivity index (χ3v) is 4.59. The lowest BCUT2D eigenvalue weighted by molar-refractivity contribution is 0.0932. The van der Waals surface area contributed by atoms with E-state index in [0.717, 1.165) is 22.0 Å². The zero-order chi connectivity index (χ0) is 18.0. The summed E-state index contributed by atoms with van der Waals surface area (Å²) in [5, 5.41) is 13.4. The SMILES string of the molecule is C[C@H](NC(=O)c1cc2ccc(Cl)cc2n1C)c1ccc(CC#N)cc1. The van der Waals surface area contributed by atoms with Gasteiger partial charge in [-0.3, -0.25) is 4.79 Å². The molecule has 5 heteroatoms. The Balaban J connectivity index is 1.79. The van der Waals surface area contributed by atoms with Crippen molar-refractivity contribution >= 4 is 28.4 Å². The van der Waals surface area contributed by atoms with E-state index in [1.165, 1.54) is 0 Å². The molecule has 1 heterocycles. The van der Waals surface area contributed by atoms with Crippen LogP contribution < -0.4 is 5.32 Å². The Kier molecular flexibility index (Phi) is 4.78. The van der Waals surface area contributed by atoms with Gasteiger partial charge in [-0.15, -0.1) is 0 Å². The van der Waals surface area contributed by atoms with Crippen molar-refractivity contribution in [1.82, 2.24) is 9.88 Å². The van der Waals surface area contributed by atoms with Crippen LogP contribution >= 0.6 is 11.6 Å². The Morgan fingerprint density at radius 3 is 2.64 bits per heavy atom. The van der Waals surface area contributed by atoms with Crippen molar-refractivity contribution < 1.29 is 4.79 Å². The van der Waals surface area contributed by atoms with E-state index < -0.39 is 0 Å². The molecule has 0 aliphatic heterocycles. The summed E-state index contributed by atoms with van der Waals surface area (Å²) in [4.78, 5) is 12.7. The second-order valence-electron chi connectivity index (χ2n) is 6.06. The van der Waals surface area contributed by atoms with E-state index >= 15 is 0 Å². The minimum Gasteiger partial charge on any atom is -0.344 e. The van der Waals surface area contributed by atoms with Crippen LogP contribution in [0.2, 0.25) is 5.02 Å². The molecule has 1 atom stereocenters. The van der Waals surface area contributed by atoms with Crippen LogP contribution in [0.5, 0.6) is 0 Å². The highest BCUT2D eigenvalue weighted by atomic mass is 35.5. The van der Waals surface area contributed by atoms with E-state index in [1.54, 1.807) is 0 Å². The van der Waals surface area contributed by atoms with Gasteiger partial charge in [0.1, 0.15) is 5.69 Å². The molecule has 0 aliphatic rings. The first-order chi connectivity index (χ1) is 12.0. The number of amides is 1. The van der Waals surface area contributed by atoms with E-state index in [1.807, 2.05) is 67.1 Å². The Hall–Kier alpha value is -2.77. The van der Waals surface area contributed by atoms with E-state index in [2.05, 4.69) is 11.4 Å². The van der Waals surface area contributed by atoms with Gasteiger partial charge in [0.15, 0.2) is 0 Å². The summed E-state index contributed by atoms with van der Waals surface area (Å²) in [5.74, 6) is -0.136. The fraction of sp³-hybridized carbons (Fsp3) is 0.200. The summed E-state index contributed by atoms with van der Waals surface area (Å²) in [7, 11) is 1.86. The molecular weight excluding hydrogens is 334 g/mol. The highest BCUT2D eigenvalue weighted by Crippen LogP contribution is 2.23. The molecule has 126 valence electrons. The highest BCUT2D eigenvalue weighted by molar-refractivity contribution is 6.31. The average molecular weight is 352 g/mol. The molecule has 4 nitrogen and oxygen atoms in total. The second kappa shape index (κ2) is 7.00. The Bertz CT molecular complexity index is 967. The van der Waals surface area contributed by atoms with Crippen LogP contribution in [0.4, 0.5) is 0 Å². The fourth-order valence-corrected chi connectivity index (χ4v) is 3.06. The molecule has 1 N–H and O–H groups in total. The second-order valence-corrected chi connectivity index (χ2v) is 6.50. The molecule has 0 aliphatic carbocycles. The molecule has 3 rings (SSSR count). The highest BCUT2D eigenvalue weighted by Gasteiger charge is 2.16. The number of benzene rings is 2. The van der Waals surface area contributed by atoms with Crippen LogP contribution in [0.3, 0.4) is 0 Å². The van der Waals surface area contributed by atoms with Crippen molar-refractivity contribution in [2.24, 2.45) is 7.05 Å². The van der Waals surface area contributed by atoms with Gasteiger partial charge in [0, 0.05) is 23.0 Å². The van der Waals surface area contributed by atoms with Gasteiger partial charge in [-0.2, -0.15) is 5.26 Å². The number of hydrogen-bond donors (Lipinski definition) is 1. The number of halogens is 1. The minimum atomic E-state index is -0.136. The molecule has 0 saturated heterocycles. The summed E-state index contributed by atoms with van der Waals surface area (Å²) in [6.07, 6.45) is 0.388. The number of carbonyl (C=O) groups excluding carboxylic acids is 1. The lowest BCUT2D eigenvalue weighted by Crippen LogP contribution is -2.28. The average Bonchev–Trinajstić information content (AvgIpc) is 2.92. The topological polar surface area (TPSA) is 57.8 Å².